The minimum Gasteiger partial charge on any atom is -0.486 e. The number of aromatic nitrogens is 1. The van der Waals surface area contributed by atoms with Crippen LogP contribution in [0.5, 0.6) is 11.5 Å². The van der Waals surface area contributed by atoms with E-state index >= 15 is 0 Å². The summed E-state index contributed by atoms with van der Waals surface area (Å²) in [4.78, 5) is 8.21. The highest BCUT2D eigenvalue weighted by Gasteiger charge is 2.33. The molecule has 0 amide bonds. The lowest BCUT2D eigenvalue weighted by atomic mass is 10.0. The van der Waals surface area contributed by atoms with Crippen molar-refractivity contribution in [3.63, 3.8) is 0 Å². The second-order valence-corrected chi connectivity index (χ2v) is 8.40. The van der Waals surface area contributed by atoms with Gasteiger partial charge in [-0.2, -0.15) is 0 Å². The Kier molecular flexibility index (Phi) is 4.90. The lowest BCUT2D eigenvalue weighted by Gasteiger charge is -2.26. The molecular weight excluding hydrogens is 362 g/mol. The molecule has 144 valence electrons. The van der Waals surface area contributed by atoms with Gasteiger partial charge in [-0.05, 0) is 36.5 Å². The maximum Gasteiger partial charge on any atom is 0.185 e. The van der Waals surface area contributed by atoms with Crippen LogP contribution in [0.4, 0.5) is 5.13 Å². The molecule has 1 saturated carbocycles. The quantitative estimate of drug-likeness (QED) is 0.822. The van der Waals surface area contributed by atoms with E-state index in [1.165, 1.54) is 23.3 Å². The number of ether oxygens (including phenoxy) is 3. The number of morpholine rings is 1. The molecule has 2 fully saturated rings. The van der Waals surface area contributed by atoms with Gasteiger partial charge in [-0.15, -0.1) is 11.3 Å². The zero-order chi connectivity index (χ0) is 18.1. The molecule has 1 aromatic carbocycles. The Bertz CT molecular complexity index is 787. The van der Waals surface area contributed by atoms with Crippen molar-refractivity contribution >= 4 is 16.5 Å². The van der Waals surface area contributed by atoms with Gasteiger partial charge in [0.15, 0.2) is 16.6 Å². The fourth-order valence-electron chi connectivity index (χ4n) is 3.73. The summed E-state index contributed by atoms with van der Waals surface area (Å²) < 4.78 is 16.9. The van der Waals surface area contributed by atoms with Crippen molar-refractivity contribution in [1.82, 2.24) is 10.3 Å². The van der Waals surface area contributed by atoms with Gasteiger partial charge in [0.25, 0.3) is 0 Å². The monoisotopic (exact) mass is 387 g/mol. The molecule has 0 spiro atoms. The van der Waals surface area contributed by atoms with E-state index in [9.17, 15) is 0 Å². The van der Waals surface area contributed by atoms with Gasteiger partial charge in [0.2, 0.25) is 0 Å². The number of benzene rings is 1. The summed E-state index contributed by atoms with van der Waals surface area (Å²) in [5.41, 5.74) is 1.29. The molecule has 27 heavy (non-hydrogen) atoms. The van der Waals surface area contributed by atoms with E-state index in [4.69, 9.17) is 14.2 Å². The van der Waals surface area contributed by atoms with Crippen LogP contribution in [0, 0.1) is 5.92 Å². The molecule has 1 N–H and O–H groups in total. The SMILES string of the molecule is c1cc2c(cc1C(NCc1cnc(N3CCOCC3)s1)C1CC1)OCCO2. The van der Waals surface area contributed by atoms with E-state index < -0.39 is 0 Å². The van der Waals surface area contributed by atoms with Crippen LogP contribution in [0.1, 0.15) is 29.3 Å². The molecular formula is C20H25N3O3S. The molecule has 2 aromatic rings. The Balaban J connectivity index is 1.26. The highest BCUT2D eigenvalue weighted by atomic mass is 32.1. The number of thiazole rings is 1. The van der Waals surface area contributed by atoms with E-state index in [1.54, 1.807) is 11.3 Å². The van der Waals surface area contributed by atoms with Crippen LogP contribution < -0.4 is 19.7 Å². The molecule has 1 aromatic heterocycles. The highest BCUT2D eigenvalue weighted by Crippen LogP contribution is 2.43. The van der Waals surface area contributed by atoms with Crippen LogP contribution in [-0.2, 0) is 11.3 Å². The molecule has 1 atom stereocenters. The van der Waals surface area contributed by atoms with E-state index in [0.717, 1.165) is 49.5 Å². The predicted molar refractivity (Wildman–Crippen MR) is 105 cm³/mol. The number of nitrogens with zero attached hydrogens (tertiary/aromatic N) is 2. The summed E-state index contributed by atoms with van der Waals surface area (Å²) in [6.45, 7) is 5.56. The summed E-state index contributed by atoms with van der Waals surface area (Å²) in [6.07, 6.45) is 4.58. The van der Waals surface area contributed by atoms with Crippen LogP contribution in [0.3, 0.4) is 0 Å². The summed E-state index contributed by atoms with van der Waals surface area (Å²) in [5.74, 6) is 2.44. The smallest absolute Gasteiger partial charge is 0.185 e. The maximum absolute atomic E-state index is 5.77. The van der Waals surface area contributed by atoms with Crippen LogP contribution in [0.2, 0.25) is 0 Å². The summed E-state index contributed by atoms with van der Waals surface area (Å²) in [6, 6.07) is 6.73. The molecule has 5 rings (SSSR count). The first kappa shape index (κ1) is 17.3. The molecule has 1 unspecified atom stereocenters. The van der Waals surface area contributed by atoms with Gasteiger partial charge in [0.1, 0.15) is 13.2 Å². The topological polar surface area (TPSA) is 55.9 Å². The number of anilines is 1. The predicted octanol–water partition coefficient (Wildman–Crippen LogP) is 2.99. The zero-order valence-corrected chi connectivity index (χ0v) is 16.2. The van der Waals surface area contributed by atoms with Crippen LogP contribution >= 0.6 is 11.3 Å². The van der Waals surface area contributed by atoms with Crippen molar-refractivity contribution in [1.29, 1.82) is 0 Å². The van der Waals surface area contributed by atoms with Crippen LogP contribution in [0.15, 0.2) is 24.4 Å². The number of nitrogens with one attached hydrogen (secondary N) is 1. The van der Waals surface area contributed by atoms with Crippen molar-refractivity contribution in [3.8, 4) is 11.5 Å². The van der Waals surface area contributed by atoms with Gasteiger partial charge in [-0.1, -0.05) is 6.07 Å². The van der Waals surface area contributed by atoms with Crippen molar-refractivity contribution in [2.75, 3.05) is 44.4 Å². The first-order chi connectivity index (χ1) is 13.4. The van der Waals surface area contributed by atoms with E-state index in [1.807, 2.05) is 12.3 Å². The van der Waals surface area contributed by atoms with Gasteiger partial charge in [-0.3, -0.25) is 0 Å². The molecule has 3 aliphatic rings. The second-order valence-electron chi connectivity index (χ2n) is 7.31. The van der Waals surface area contributed by atoms with E-state index in [2.05, 4.69) is 27.3 Å². The molecule has 7 heteroatoms. The Hall–Kier alpha value is -1.83. The van der Waals surface area contributed by atoms with Gasteiger partial charge >= 0.3 is 0 Å². The average Bonchev–Trinajstić information content (AvgIpc) is 3.45. The molecule has 1 aliphatic carbocycles. The van der Waals surface area contributed by atoms with E-state index in [-0.39, 0.29) is 0 Å². The molecule has 0 bridgehead atoms. The Labute approximate surface area is 163 Å². The van der Waals surface area contributed by atoms with Crippen molar-refractivity contribution in [3.05, 3.63) is 34.8 Å². The normalized spacial score (nSPS) is 20.5. The molecule has 0 radical (unpaired) electrons. The van der Waals surface area contributed by atoms with E-state index in [0.29, 0.717) is 25.2 Å². The summed E-state index contributed by atoms with van der Waals surface area (Å²) >= 11 is 1.78. The molecule has 1 saturated heterocycles. The van der Waals surface area contributed by atoms with Crippen molar-refractivity contribution < 1.29 is 14.2 Å². The molecule has 2 aliphatic heterocycles. The van der Waals surface area contributed by atoms with Crippen LogP contribution in [0.25, 0.3) is 0 Å². The standard InChI is InChI=1S/C20H25N3O3S/c1-2-14(1)19(15-3-4-17-18(11-15)26-10-9-25-17)21-12-16-13-22-20(27-16)23-5-7-24-8-6-23/h3-4,11,13-14,19,21H,1-2,5-10,12H2. The first-order valence-corrected chi connectivity index (χ1v) is 10.6. The Morgan fingerprint density at radius 1 is 1.11 bits per heavy atom. The first-order valence-electron chi connectivity index (χ1n) is 9.77. The third kappa shape index (κ3) is 3.90. The Morgan fingerprint density at radius 2 is 1.93 bits per heavy atom. The third-order valence-corrected chi connectivity index (χ3v) is 6.40. The average molecular weight is 388 g/mol. The minimum atomic E-state index is 0.356. The maximum atomic E-state index is 5.77. The number of fused-ring (bicyclic) bond motifs is 1. The fraction of sp³-hybridized carbons (Fsp3) is 0.550. The van der Waals surface area contributed by atoms with Crippen molar-refractivity contribution in [2.24, 2.45) is 5.92 Å². The number of rotatable bonds is 6. The van der Waals surface area contributed by atoms with Gasteiger partial charge in [0, 0.05) is 36.8 Å². The zero-order valence-electron chi connectivity index (χ0n) is 15.4. The molecule has 3 heterocycles. The lowest BCUT2D eigenvalue weighted by Crippen LogP contribution is -2.36. The number of hydrogen-bond donors (Lipinski definition) is 1. The highest BCUT2D eigenvalue weighted by molar-refractivity contribution is 7.15. The van der Waals surface area contributed by atoms with Crippen molar-refractivity contribution in [2.45, 2.75) is 25.4 Å². The second kappa shape index (κ2) is 7.66. The van der Waals surface area contributed by atoms with Crippen LogP contribution in [-0.4, -0.2) is 44.5 Å². The molecule has 6 nitrogen and oxygen atoms in total. The summed E-state index contributed by atoms with van der Waals surface area (Å²) in [5, 5.41) is 4.88. The summed E-state index contributed by atoms with van der Waals surface area (Å²) in [7, 11) is 0. The van der Waals surface area contributed by atoms with Gasteiger partial charge in [0.05, 0.1) is 13.2 Å². The lowest BCUT2D eigenvalue weighted by molar-refractivity contribution is 0.122. The van der Waals surface area contributed by atoms with Gasteiger partial charge < -0.3 is 24.4 Å². The Morgan fingerprint density at radius 3 is 2.74 bits per heavy atom. The fourth-order valence-corrected chi connectivity index (χ4v) is 4.64. The largest absolute Gasteiger partial charge is 0.486 e. The van der Waals surface area contributed by atoms with Gasteiger partial charge in [-0.25, -0.2) is 4.98 Å². The third-order valence-electron chi connectivity index (χ3n) is 5.34. The number of hydrogen-bond acceptors (Lipinski definition) is 7. The minimum absolute atomic E-state index is 0.356.